The van der Waals surface area contributed by atoms with Crippen LogP contribution >= 0.6 is 24.0 Å². The Morgan fingerprint density at radius 2 is 1.77 bits per heavy atom. The monoisotopic (exact) mass is 474 g/mol. The Bertz CT molecular complexity index is 615. The standard InChI is InChI=1S/C19H30N4O2.HI/c1-13-11-23(12-14(2)25-13)17(24)16-8-6-15(7-9-16)10-21-18(20)22-19(3,4)5;/h6-9,13-14H,10-12H2,1-5H3,(H3,20,21,22);1H. The minimum absolute atomic E-state index is 0. The molecule has 1 aromatic carbocycles. The molecule has 1 aliphatic heterocycles. The zero-order valence-corrected chi connectivity index (χ0v) is 18.6. The molecule has 1 saturated heterocycles. The summed E-state index contributed by atoms with van der Waals surface area (Å²) in [5.41, 5.74) is 7.46. The van der Waals surface area contributed by atoms with Crippen molar-refractivity contribution in [1.82, 2.24) is 10.2 Å². The molecule has 0 aromatic heterocycles. The molecular formula is C19H31IN4O2. The van der Waals surface area contributed by atoms with Crippen molar-refractivity contribution in [1.29, 1.82) is 0 Å². The first kappa shape index (κ1) is 22.7. The van der Waals surface area contributed by atoms with Gasteiger partial charge in [-0.2, -0.15) is 0 Å². The Morgan fingerprint density at radius 3 is 2.27 bits per heavy atom. The second kappa shape index (κ2) is 9.55. The van der Waals surface area contributed by atoms with Crippen LogP contribution in [0, 0.1) is 0 Å². The maximum Gasteiger partial charge on any atom is 0.254 e. The highest BCUT2D eigenvalue weighted by atomic mass is 127. The number of hydrogen-bond donors (Lipinski definition) is 2. The molecule has 7 heteroatoms. The molecule has 2 atom stereocenters. The molecule has 146 valence electrons. The Hall–Kier alpha value is -1.35. The van der Waals surface area contributed by atoms with E-state index in [1.807, 2.05) is 63.8 Å². The van der Waals surface area contributed by atoms with Gasteiger partial charge in [0.15, 0.2) is 5.96 Å². The lowest BCUT2D eigenvalue weighted by molar-refractivity contribution is -0.0586. The van der Waals surface area contributed by atoms with Crippen LogP contribution in [0.1, 0.15) is 50.5 Å². The molecule has 3 N–H and O–H groups in total. The summed E-state index contributed by atoms with van der Waals surface area (Å²) < 4.78 is 5.68. The predicted octanol–water partition coefficient (Wildman–Crippen LogP) is 2.76. The smallest absolute Gasteiger partial charge is 0.254 e. The SMILES string of the molecule is CC1CN(C(=O)c2ccc(CN=C(N)NC(C)(C)C)cc2)CC(C)O1.I. The maximum atomic E-state index is 12.6. The number of carbonyl (C=O) groups is 1. The van der Waals surface area contributed by atoms with Crippen molar-refractivity contribution in [2.75, 3.05) is 13.1 Å². The zero-order chi connectivity index (χ0) is 18.6. The first-order valence-electron chi connectivity index (χ1n) is 8.76. The van der Waals surface area contributed by atoms with Crippen LogP contribution in [-0.4, -0.2) is 47.6 Å². The van der Waals surface area contributed by atoms with Gasteiger partial charge >= 0.3 is 0 Å². The van der Waals surface area contributed by atoms with Gasteiger partial charge in [0.05, 0.1) is 18.8 Å². The second-order valence-corrected chi connectivity index (χ2v) is 7.74. The fourth-order valence-corrected chi connectivity index (χ4v) is 2.88. The van der Waals surface area contributed by atoms with Crippen molar-refractivity contribution >= 4 is 35.8 Å². The number of nitrogens with one attached hydrogen (secondary N) is 1. The normalized spacial score (nSPS) is 21.1. The minimum Gasteiger partial charge on any atom is -0.372 e. The van der Waals surface area contributed by atoms with E-state index in [0.717, 1.165) is 5.56 Å². The highest BCUT2D eigenvalue weighted by Gasteiger charge is 2.26. The van der Waals surface area contributed by atoms with E-state index in [1.165, 1.54) is 0 Å². The lowest BCUT2D eigenvalue weighted by Crippen LogP contribution is -2.48. The van der Waals surface area contributed by atoms with Gasteiger partial charge in [-0.25, -0.2) is 4.99 Å². The van der Waals surface area contributed by atoms with E-state index in [9.17, 15) is 4.79 Å². The van der Waals surface area contributed by atoms with Crippen LogP contribution < -0.4 is 11.1 Å². The lowest BCUT2D eigenvalue weighted by atomic mass is 10.1. The van der Waals surface area contributed by atoms with Gasteiger partial charge < -0.3 is 20.7 Å². The summed E-state index contributed by atoms with van der Waals surface area (Å²) in [4.78, 5) is 18.8. The molecule has 1 amide bonds. The molecule has 0 saturated carbocycles. The molecule has 0 bridgehead atoms. The van der Waals surface area contributed by atoms with E-state index in [2.05, 4.69) is 10.3 Å². The quantitative estimate of drug-likeness (QED) is 0.401. The average Bonchev–Trinajstić information content (AvgIpc) is 2.50. The summed E-state index contributed by atoms with van der Waals surface area (Å²) in [7, 11) is 0. The Morgan fingerprint density at radius 1 is 1.23 bits per heavy atom. The van der Waals surface area contributed by atoms with Crippen LogP contribution in [0.3, 0.4) is 0 Å². The number of benzene rings is 1. The molecule has 1 aliphatic rings. The molecule has 0 aliphatic carbocycles. The van der Waals surface area contributed by atoms with Crippen LogP contribution in [0.5, 0.6) is 0 Å². The largest absolute Gasteiger partial charge is 0.372 e. The molecular weight excluding hydrogens is 443 g/mol. The van der Waals surface area contributed by atoms with Gasteiger partial charge in [-0.05, 0) is 52.3 Å². The summed E-state index contributed by atoms with van der Waals surface area (Å²) in [6.45, 7) is 11.8. The molecule has 26 heavy (non-hydrogen) atoms. The highest BCUT2D eigenvalue weighted by Crippen LogP contribution is 2.15. The number of morpholine rings is 1. The Balaban J connectivity index is 0.00000338. The molecule has 6 nitrogen and oxygen atoms in total. The molecule has 1 fully saturated rings. The number of nitrogens with two attached hydrogens (primary N) is 1. The van der Waals surface area contributed by atoms with Gasteiger partial charge in [0.25, 0.3) is 5.91 Å². The first-order chi connectivity index (χ1) is 11.6. The maximum absolute atomic E-state index is 12.6. The molecule has 2 unspecified atom stereocenters. The third-order valence-corrected chi connectivity index (χ3v) is 3.84. The number of rotatable bonds is 3. The van der Waals surface area contributed by atoms with Crippen molar-refractivity contribution in [3.05, 3.63) is 35.4 Å². The third-order valence-electron chi connectivity index (χ3n) is 3.84. The van der Waals surface area contributed by atoms with Crippen molar-refractivity contribution < 1.29 is 9.53 Å². The zero-order valence-electron chi connectivity index (χ0n) is 16.3. The molecule has 2 rings (SSSR count). The fraction of sp³-hybridized carbons (Fsp3) is 0.579. The third kappa shape index (κ3) is 7.11. The predicted molar refractivity (Wildman–Crippen MR) is 116 cm³/mol. The molecule has 1 heterocycles. The van der Waals surface area contributed by atoms with Gasteiger partial charge in [-0.1, -0.05) is 12.1 Å². The number of nitrogens with zero attached hydrogens (tertiary/aromatic N) is 2. The summed E-state index contributed by atoms with van der Waals surface area (Å²) in [6, 6.07) is 7.56. The number of carbonyl (C=O) groups excluding carboxylic acids is 1. The van der Waals surface area contributed by atoms with Crippen molar-refractivity contribution in [2.45, 2.75) is 58.9 Å². The Kier molecular flexibility index (Phi) is 8.33. The van der Waals surface area contributed by atoms with Gasteiger partial charge in [0.1, 0.15) is 0 Å². The summed E-state index contributed by atoms with van der Waals surface area (Å²) in [5, 5.41) is 3.13. The van der Waals surface area contributed by atoms with Crippen LogP contribution in [0.4, 0.5) is 0 Å². The second-order valence-electron chi connectivity index (χ2n) is 7.74. The van der Waals surface area contributed by atoms with E-state index in [4.69, 9.17) is 10.5 Å². The summed E-state index contributed by atoms with van der Waals surface area (Å²) >= 11 is 0. The van der Waals surface area contributed by atoms with Crippen LogP contribution in [0.15, 0.2) is 29.3 Å². The molecule has 0 radical (unpaired) electrons. The number of amides is 1. The first-order valence-corrected chi connectivity index (χ1v) is 8.76. The lowest BCUT2D eigenvalue weighted by Gasteiger charge is -2.35. The Labute approximate surface area is 173 Å². The fourth-order valence-electron chi connectivity index (χ4n) is 2.88. The van der Waals surface area contributed by atoms with Gasteiger partial charge in [0, 0.05) is 24.2 Å². The summed E-state index contributed by atoms with van der Waals surface area (Å²) in [6.07, 6.45) is 0.138. The van der Waals surface area contributed by atoms with E-state index in [0.29, 0.717) is 31.2 Å². The number of aliphatic imine (C=N–C) groups is 1. The van der Waals surface area contributed by atoms with Gasteiger partial charge in [-0.3, -0.25) is 4.79 Å². The van der Waals surface area contributed by atoms with Gasteiger partial charge in [0.2, 0.25) is 0 Å². The number of halogens is 1. The number of guanidine groups is 1. The van der Waals surface area contributed by atoms with Crippen molar-refractivity contribution in [3.63, 3.8) is 0 Å². The van der Waals surface area contributed by atoms with Crippen LogP contribution in [-0.2, 0) is 11.3 Å². The van der Waals surface area contributed by atoms with Crippen LogP contribution in [0.25, 0.3) is 0 Å². The van der Waals surface area contributed by atoms with Gasteiger partial charge in [-0.15, -0.1) is 24.0 Å². The molecule has 1 aromatic rings. The van der Waals surface area contributed by atoms with Crippen LogP contribution in [0.2, 0.25) is 0 Å². The van der Waals surface area contributed by atoms with E-state index < -0.39 is 0 Å². The van der Waals surface area contributed by atoms with E-state index in [1.54, 1.807) is 0 Å². The van der Waals surface area contributed by atoms with E-state index >= 15 is 0 Å². The van der Waals surface area contributed by atoms with E-state index in [-0.39, 0.29) is 47.6 Å². The number of hydrogen-bond acceptors (Lipinski definition) is 3. The molecule has 0 spiro atoms. The van der Waals surface area contributed by atoms with Crippen molar-refractivity contribution in [3.8, 4) is 0 Å². The topological polar surface area (TPSA) is 80.0 Å². The summed E-state index contributed by atoms with van der Waals surface area (Å²) in [5.74, 6) is 0.468. The minimum atomic E-state index is -0.115. The number of ether oxygens (including phenoxy) is 1. The average molecular weight is 474 g/mol. The van der Waals surface area contributed by atoms with Crippen molar-refractivity contribution in [2.24, 2.45) is 10.7 Å². The highest BCUT2D eigenvalue weighted by molar-refractivity contribution is 14.0.